The smallest absolute Gasteiger partial charge is 0.244 e. The summed E-state index contributed by atoms with van der Waals surface area (Å²) in [6.07, 6.45) is 1.35. The van der Waals surface area contributed by atoms with Crippen molar-refractivity contribution in [1.29, 1.82) is 0 Å². The molecule has 1 aliphatic carbocycles. The number of carbonyl (C=O) groups is 1. The zero-order chi connectivity index (χ0) is 11.1. The van der Waals surface area contributed by atoms with Crippen molar-refractivity contribution >= 4 is 24.0 Å². The molecule has 0 aromatic heterocycles. The molecule has 88 valence electrons. The third kappa shape index (κ3) is 2.51. The van der Waals surface area contributed by atoms with Gasteiger partial charge in [-0.2, -0.15) is 0 Å². The first kappa shape index (κ1) is 12.9. The van der Waals surface area contributed by atoms with Crippen LogP contribution in [0.3, 0.4) is 0 Å². The number of hydrogen-bond donors (Lipinski definition) is 2. The fourth-order valence-electron chi connectivity index (χ4n) is 1.33. The number of halogens is 2. The molecule has 3 N–H and O–H groups in total. The Labute approximate surface area is 99.6 Å². The SMILES string of the molecule is Cc1ccc(NC(=O)C2(N)CC2)c(F)c1.Cl. The highest BCUT2D eigenvalue weighted by atomic mass is 35.5. The van der Waals surface area contributed by atoms with Crippen LogP contribution in [-0.4, -0.2) is 11.4 Å². The molecule has 1 saturated carbocycles. The maximum atomic E-state index is 13.4. The first-order valence-corrected chi connectivity index (χ1v) is 4.88. The van der Waals surface area contributed by atoms with Gasteiger partial charge in [-0.3, -0.25) is 4.79 Å². The third-order valence-electron chi connectivity index (χ3n) is 2.61. The standard InChI is InChI=1S/C11H13FN2O.ClH/c1-7-2-3-9(8(12)6-7)14-10(15)11(13)4-5-11;/h2-3,6H,4-5,13H2,1H3,(H,14,15);1H. The minimum absolute atomic E-state index is 0. The fourth-order valence-corrected chi connectivity index (χ4v) is 1.33. The Bertz CT molecular complexity index is 418. The van der Waals surface area contributed by atoms with Gasteiger partial charge < -0.3 is 11.1 Å². The molecule has 0 spiro atoms. The second-order valence-corrected chi connectivity index (χ2v) is 4.09. The monoisotopic (exact) mass is 244 g/mol. The molecule has 0 saturated heterocycles. The number of nitrogens with one attached hydrogen (secondary N) is 1. The van der Waals surface area contributed by atoms with Crippen LogP contribution in [0, 0.1) is 12.7 Å². The Hall–Kier alpha value is -1.13. The van der Waals surface area contributed by atoms with Gasteiger partial charge in [-0.05, 0) is 37.5 Å². The minimum Gasteiger partial charge on any atom is -0.322 e. The lowest BCUT2D eigenvalue weighted by atomic mass is 10.2. The summed E-state index contributed by atoms with van der Waals surface area (Å²) < 4.78 is 13.4. The van der Waals surface area contributed by atoms with E-state index in [1.807, 2.05) is 0 Å². The molecule has 3 nitrogen and oxygen atoms in total. The predicted octanol–water partition coefficient (Wildman–Crippen LogP) is 1.99. The van der Waals surface area contributed by atoms with Crippen molar-refractivity contribution in [2.45, 2.75) is 25.3 Å². The zero-order valence-corrected chi connectivity index (χ0v) is 9.73. The Morgan fingerprint density at radius 1 is 1.50 bits per heavy atom. The molecule has 1 aromatic carbocycles. The lowest BCUT2D eigenvalue weighted by Crippen LogP contribution is -2.38. The quantitative estimate of drug-likeness (QED) is 0.836. The van der Waals surface area contributed by atoms with Gasteiger partial charge in [-0.25, -0.2) is 4.39 Å². The fraction of sp³-hybridized carbons (Fsp3) is 0.364. The van der Waals surface area contributed by atoms with Crippen LogP contribution in [-0.2, 0) is 4.79 Å². The van der Waals surface area contributed by atoms with Crippen molar-refractivity contribution < 1.29 is 9.18 Å². The van der Waals surface area contributed by atoms with Gasteiger partial charge in [-0.1, -0.05) is 6.07 Å². The van der Waals surface area contributed by atoms with Gasteiger partial charge >= 0.3 is 0 Å². The van der Waals surface area contributed by atoms with E-state index in [-0.39, 0.29) is 24.0 Å². The van der Waals surface area contributed by atoms with Gasteiger partial charge in [0.25, 0.3) is 0 Å². The van der Waals surface area contributed by atoms with Crippen LogP contribution in [0.5, 0.6) is 0 Å². The van der Waals surface area contributed by atoms with E-state index >= 15 is 0 Å². The van der Waals surface area contributed by atoms with Gasteiger partial charge in [-0.15, -0.1) is 12.4 Å². The summed E-state index contributed by atoms with van der Waals surface area (Å²) in [7, 11) is 0. The van der Waals surface area contributed by atoms with E-state index in [2.05, 4.69) is 5.32 Å². The first-order chi connectivity index (χ1) is 7.01. The largest absolute Gasteiger partial charge is 0.322 e. The lowest BCUT2D eigenvalue weighted by Gasteiger charge is -2.10. The van der Waals surface area contributed by atoms with Gasteiger partial charge in [0.15, 0.2) is 0 Å². The maximum absolute atomic E-state index is 13.4. The molecule has 0 atom stereocenters. The van der Waals surface area contributed by atoms with E-state index in [1.165, 1.54) is 6.07 Å². The Balaban J connectivity index is 0.00000128. The van der Waals surface area contributed by atoms with E-state index in [9.17, 15) is 9.18 Å². The molecule has 1 fully saturated rings. The highest BCUT2D eigenvalue weighted by Crippen LogP contribution is 2.33. The second-order valence-electron chi connectivity index (χ2n) is 4.09. The molecular formula is C11H14ClFN2O. The highest BCUT2D eigenvalue weighted by molar-refractivity contribution is 6.00. The number of hydrogen-bond acceptors (Lipinski definition) is 2. The van der Waals surface area contributed by atoms with Gasteiger partial charge in [0.2, 0.25) is 5.91 Å². The first-order valence-electron chi connectivity index (χ1n) is 4.88. The zero-order valence-electron chi connectivity index (χ0n) is 8.92. The molecule has 5 heteroatoms. The number of rotatable bonds is 2. The van der Waals surface area contributed by atoms with Crippen LogP contribution in [0.4, 0.5) is 10.1 Å². The molecule has 0 bridgehead atoms. The molecule has 0 radical (unpaired) electrons. The summed E-state index contributed by atoms with van der Waals surface area (Å²) in [6, 6.07) is 4.68. The molecule has 16 heavy (non-hydrogen) atoms. The van der Waals surface area contributed by atoms with E-state index in [0.717, 1.165) is 5.56 Å². The molecule has 0 aliphatic heterocycles. The van der Waals surface area contributed by atoms with Gasteiger partial charge in [0.05, 0.1) is 11.2 Å². The molecule has 1 aromatic rings. The summed E-state index contributed by atoms with van der Waals surface area (Å²) in [5, 5.41) is 2.50. The number of benzene rings is 1. The van der Waals surface area contributed by atoms with Crippen LogP contribution >= 0.6 is 12.4 Å². The normalized spacial score (nSPS) is 16.2. The van der Waals surface area contributed by atoms with Crippen molar-refractivity contribution in [2.75, 3.05) is 5.32 Å². The van der Waals surface area contributed by atoms with Crippen molar-refractivity contribution in [2.24, 2.45) is 5.73 Å². The molecule has 0 unspecified atom stereocenters. The Kier molecular flexibility index (Phi) is 3.55. The van der Waals surface area contributed by atoms with Crippen molar-refractivity contribution in [3.05, 3.63) is 29.6 Å². The van der Waals surface area contributed by atoms with Crippen LogP contribution in [0.25, 0.3) is 0 Å². The summed E-state index contributed by atoms with van der Waals surface area (Å²) in [4.78, 5) is 11.5. The Morgan fingerprint density at radius 3 is 2.62 bits per heavy atom. The minimum atomic E-state index is -0.767. The highest BCUT2D eigenvalue weighted by Gasteiger charge is 2.46. The van der Waals surface area contributed by atoms with Gasteiger partial charge in [0, 0.05) is 0 Å². The van der Waals surface area contributed by atoms with Crippen LogP contribution < -0.4 is 11.1 Å². The number of nitrogens with two attached hydrogens (primary N) is 1. The number of aryl methyl sites for hydroxylation is 1. The van der Waals surface area contributed by atoms with E-state index in [4.69, 9.17) is 5.73 Å². The van der Waals surface area contributed by atoms with Crippen molar-refractivity contribution in [3.8, 4) is 0 Å². The summed E-state index contributed by atoms with van der Waals surface area (Å²) in [5.74, 6) is -0.724. The van der Waals surface area contributed by atoms with Crippen LogP contribution in [0.2, 0.25) is 0 Å². The van der Waals surface area contributed by atoms with E-state index in [1.54, 1.807) is 19.1 Å². The van der Waals surface area contributed by atoms with Crippen molar-refractivity contribution in [1.82, 2.24) is 0 Å². The average molecular weight is 245 g/mol. The van der Waals surface area contributed by atoms with Crippen LogP contribution in [0.15, 0.2) is 18.2 Å². The van der Waals surface area contributed by atoms with Gasteiger partial charge in [0.1, 0.15) is 5.82 Å². The number of amides is 1. The molecule has 1 amide bonds. The predicted molar refractivity (Wildman–Crippen MR) is 63.2 cm³/mol. The van der Waals surface area contributed by atoms with E-state index < -0.39 is 11.4 Å². The molecule has 2 rings (SSSR count). The lowest BCUT2D eigenvalue weighted by molar-refractivity contribution is -0.118. The van der Waals surface area contributed by atoms with Crippen molar-refractivity contribution in [3.63, 3.8) is 0 Å². The number of anilines is 1. The summed E-state index contributed by atoms with van der Waals surface area (Å²) >= 11 is 0. The van der Waals surface area contributed by atoms with Crippen LogP contribution in [0.1, 0.15) is 18.4 Å². The molecular weight excluding hydrogens is 231 g/mol. The molecule has 0 heterocycles. The molecule has 1 aliphatic rings. The summed E-state index contributed by atoms with van der Waals surface area (Å²) in [6.45, 7) is 1.79. The summed E-state index contributed by atoms with van der Waals surface area (Å²) in [5.41, 5.74) is 5.93. The number of carbonyl (C=O) groups excluding carboxylic acids is 1. The maximum Gasteiger partial charge on any atom is 0.244 e. The average Bonchev–Trinajstić information content (AvgIpc) is 2.90. The Morgan fingerprint density at radius 2 is 2.12 bits per heavy atom. The second kappa shape index (κ2) is 4.39. The third-order valence-corrected chi connectivity index (χ3v) is 2.61. The van der Waals surface area contributed by atoms with E-state index in [0.29, 0.717) is 12.8 Å². The topological polar surface area (TPSA) is 55.1 Å².